The lowest BCUT2D eigenvalue weighted by Crippen LogP contribution is -2.35. The molecule has 0 fully saturated rings. The molecule has 2 rings (SSSR count). The van der Waals surface area contributed by atoms with Gasteiger partial charge < -0.3 is 4.74 Å². The second-order valence-electron chi connectivity index (χ2n) is 4.55. The molecule has 112 valence electrons. The fourth-order valence-corrected chi connectivity index (χ4v) is 2.51. The number of carbonyl (C=O) groups is 3. The third-order valence-electron chi connectivity index (χ3n) is 3.06. The minimum atomic E-state index is -0.826. The van der Waals surface area contributed by atoms with E-state index in [4.69, 9.17) is 27.9 Å². The minimum absolute atomic E-state index is 0.0375. The van der Waals surface area contributed by atoms with Gasteiger partial charge in [0.2, 0.25) is 0 Å². The number of hydrogen-bond donors (Lipinski definition) is 0. The van der Waals surface area contributed by atoms with Crippen LogP contribution in [0.2, 0.25) is 10.0 Å². The number of esters is 1. The summed E-state index contributed by atoms with van der Waals surface area (Å²) in [6, 6.07) is 2.92. The van der Waals surface area contributed by atoms with E-state index >= 15 is 0 Å². The molecule has 0 aliphatic carbocycles. The summed E-state index contributed by atoms with van der Waals surface area (Å²) >= 11 is 12.0. The first-order valence-corrected chi connectivity index (χ1v) is 7.22. The molecular formula is C14H13Cl2NO4. The number of Topliss-reactive ketones (excluding diaryl/α,β-unsaturated/α-hetero) is 1. The molecule has 1 aromatic carbocycles. The Hall–Kier alpha value is -1.59. The number of fused-ring (bicyclic) bond motifs is 1. The van der Waals surface area contributed by atoms with Crippen LogP contribution >= 0.6 is 23.2 Å². The zero-order valence-corrected chi connectivity index (χ0v) is 12.8. The molecule has 0 aromatic heterocycles. The molecule has 1 aliphatic heterocycles. The summed E-state index contributed by atoms with van der Waals surface area (Å²) in [7, 11) is 0. The van der Waals surface area contributed by atoms with Crippen LogP contribution in [0.3, 0.4) is 0 Å². The van der Waals surface area contributed by atoms with Crippen molar-refractivity contribution in [3.63, 3.8) is 0 Å². The number of unbranched alkanes of at least 4 members (excludes halogenated alkanes) is 1. The molecule has 0 N–H and O–H groups in total. The van der Waals surface area contributed by atoms with Crippen LogP contribution in [-0.4, -0.2) is 30.8 Å². The maximum absolute atomic E-state index is 12.0. The molecule has 0 unspecified atom stereocenters. The Kier molecular flexibility index (Phi) is 4.85. The van der Waals surface area contributed by atoms with E-state index in [9.17, 15) is 14.4 Å². The van der Waals surface area contributed by atoms with Gasteiger partial charge in [-0.1, -0.05) is 36.5 Å². The fourth-order valence-electron chi connectivity index (χ4n) is 2.01. The zero-order chi connectivity index (χ0) is 15.6. The molecule has 0 atom stereocenters. The van der Waals surface area contributed by atoms with Crippen molar-refractivity contribution >= 4 is 46.5 Å². The van der Waals surface area contributed by atoms with Crippen LogP contribution in [0.5, 0.6) is 0 Å². The van der Waals surface area contributed by atoms with E-state index in [2.05, 4.69) is 0 Å². The van der Waals surface area contributed by atoms with Crippen LogP contribution in [0.4, 0.5) is 5.69 Å². The number of nitrogens with zero attached hydrogens (tertiary/aromatic N) is 1. The van der Waals surface area contributed by atoms with Gasteiger partial charge in [-0.3, -0.25) is 19.3 Å². The molecule has 1 heterocycles. The Balaban J connectivity index is 2.23. The Morgan fingerprint density at radius 1 is 1.24 bits per heavy atom. The first-order valence-electron chi connectivity index (χ1n) is 6.47. The van der Waals surface area contributed by atoms with Crippen molar-refractivity contribution in [3.8, 4) is 0 Å². The molecule has 5 nitrogen and oxygen atoms in total. The molecule has 0 bridgehead atoms. The predicted octanol–water partition coefficient (Wildman–Crippen LogP) is 2.87. The average molecular weight is 330 g/mol. The first kappa shape index (κ1) is 15.8. The van der Waals surface area contributed by atoms with Crippen molar-refractivity contribution < 1.29 is 19.1 Å². The molecule has 0 spiro atoms. The average Bonchev–Trinajstić information content (AvgIpc) is 2.69. The van der Waals surface area contributed by atoms with Crippen LogP contribution in [0.1, 0.15) is 30.1 Å². The number of rotatable bonds is 5. The van der Waals surface area contributed by atoms with Crippen molar-refractivity contribution in [2.45, 2.75) is 19.8 Å². The van der Waals surface area contributed by atoms with E-state index in [1.54, 1.807) is 0 Å². The summed E-state index contributed by atoms with van der Waals surface area (Å²) in [5.41, 5.74) is 0.210. The normalized spacial score (nSPS) is 13.6. The van der Waals surface area contributed by atoms with Crippen LogP contribution in [-0.2, 0) is 14.3 Å². The largest absolute Gasteiger partial charge is 0.464 e. The van der Waals surface area contributed by atoms with Gasteiger partial charge >= 0.3 is 5.97 Å². The quantitative estimate of drug-likeness (QED) is 0.473. The van der Waals surface area contributed by atoms with E-state index in [0.29, 0.717) is 0 Å². The minimum Gasteiger partial charge on any atom is -0.464 e. The number of carbonyl (C=O) groups excluding carboxylic acids is 3. The maximum Gasteiger partial charge on any atom is 0.326 e. The molecule has 1 aliphatic rings. The van der Waals surface area contributed by atoms with E-state index in [1.807, 2.05) is 6.92 Å². The number of amides is 1. The highest BCUT2D eigenvalue weighted by Crippen LogP contribution is 2.39. The summed E-state index contributed by atoms with van der Waals surface area (Å²) in [6.07, 6.45) is 1.63. The first-order chi connectivity index (χ1) is 9.97. The number of benzene rings is 1. The molecule has 21 heavy (non-hydrogen) atoms. The third kappa shape index (κ3) is 3.04. The summed E-state index contributed by atoms with van der Waals surface area (Å²) in [5, 5.41) is 0.324. The summed E-state index contributed by atoms with van der Waals surface area (Å²) in [4.78, 5) is 36.7. The Bertz CT molecular complexity index is 615. The molecular weight excluding hydrogens is 317 g/mol. The van der Waals surface area contributed by atoms with E-state index < -0.39 is 17.7 Å². The summed E-state index contributed by atoms with van der Waals surface area (Å²) in [6.45, 7) is 1.89. The van der Waals surface area contributed by atoms with E-state index in [1.165, 1.54) is 12.1 Å². The molecule has 0 saturated heterocycles. The maximum atomic E-state index is 12.0. The second-order valence-corrected chi connectivity index (χ2v) is 5.36. The van der Waals surface area contributed by atoms with Gasteiger partial charge in [-0.05, 0) is 18.6 Å². The highest BCUT2D eigenvalue weighted by molar-refractivity contribution is 6.57. The Morgan fingerprint density at radius 2 is 1.90 bits per heavy atom. The molecule has 7 heteroatoms. The van der Waals surface area contributed by atoms with Crippen LogP contribution < -0.4 is 4.90 Å². The van der Waals surface area contributed by atoms with Gasteiger partial charge in [0.1, 0.15) is 6.54 Å². The topological polar surface area (TPSA) is 63.7 Å². The van der Waals surface area contributed by atoms with Gasteiger partial charge in [-0.2, -0.15) is 0 Å². The fraction of sp³-hybridized carbons (Fsp3) is 0.357. The lowest BCUT2D eigenvalue weighted by Gasteiger charge is -2.16. The lowest BCUT2D eigenvalue weighted by molar-refractivity contribution is -0.142. The standard InChI is InChI=1S/C14H13Cl2NO4/c1-2-3-6-21-10(18)7-17-12-9(16)5-4-8(15)11(12)13(19)14(17)20/h4-5H,2-3,6-7H2,1H3. The molecule has 0 saturated carbocycles. The SMILES string of the molecule is CCCCOC(=O)CN1C(=O)C(=O)c2c(Cl)ccc(Cl)c21. The smallest absolute Gasteiger partial charge is 0.326 e. The number of ketones is 1. The van der Waals surface area contributed by atoms with E-state index in [-0.39, 0.29) is 34.4 Å². The summed E-state index contributed by atoms with van der Waals surface area (Å²) in [5.74, 6) is -2.18. The molecule has 1 aromatic rings. The number of anilines is 1. The van der Waals surface area contributed by atoms with Crippen molar-refractivity contribution in [2.75, 3.05) is 18.1 Å². The highest BCUT2D eigenvalue weighted by atomic mass is 35.5. The van der Waals surface area contributed by atoms with Crippen LogP contribution in [0.25, 0.3) is 0 Å². The van der Waals surface area contributed by atoms with Gasteiger partial charge in [-0.15, -0.1) is 0 Å². The predicted molar refractivity (Wildman–Crippen MR) is 79.0 cm³/mol. The van der Waals surface area contributed by atoms with Gasteiger partial charge in [0.05, 0.1) is 27.9 Å². The van der Waals surface area contributed by atoms with Crippen LogP contribution in [0.15, 0.2) is 12.1 Å². The molecule has 1 amide bonds. The summed E-state index contributed by atoms with van der Waals surface area (Å²) < 4.78 is 4.99. The second kappa shape index (κ2) is 6.45. The van der Waals surface area contributed by atoms with Crippen molar-refractivity contribution in [1.29, 1.82) is 0 Å². The van der Waals surface area contributed by atoms with Crippen molar-refractivity contribution in [3.05, 3.63) is 27.7 Å². The Labute approximate surface area is 131 Å². The van der Waals surface area contributed by atoms with Gasteiger partial charge in [0.25, 0.3) is 11.7 Å². The van der Waals surface area contributed by atoms with Crippen molar-refractivity contribution in [1.82, 2.24) is 0 Å². The Morgan fingerprint density at radius 3 is 2.57 bits per heavy atom. The third-order valence-corrected chi connectivity index (χ3v) is 3.68. The van der Waals surface area contributed by atoms with Gasteiger partial charge in [0.15, 0.2) is 0 Å². The number of ether oxygens (including phenoxy) is 1. The highest BCUT2D eigenvalue weighted by Gasteiger charge is 2.40. The molecule has 0 radical (unpaired) electrons. The van der Waals surface area contributed by atoms with E-state index in [0.717, 1.165) is 17.7 Å². The zero-order valence-electron chi connectivity index (χ0n) is 11.3. The lowest BCUT2D eigenvalue weighted by atomic mass is 10.1. The van der Waals surface area contributed by atoms with Gasteiger partial charge in [-0.25, -0.2) is 0 Å². The number of hydrogen-bond acceptors (Lipinski definition) is 4. The van der Waals surface area contributed by atoms with Gasteiger partial charge in [0, 0.05) is 0 Å². The van der Waals surface area contributed by atoms with Crippen molar-refractivity contribution in [2.24, 2.45) is 0 Å². The van der Waals surface area contributed by atoms with Crippen LogP contribution in [0, 0.1) is 0 Å². The number of halogens is 2. The monoisotopic (exact) mass is 329 g/mol.